The number of likely N-dealkylation sites (tertiary alicyclic amines) is 1. The van der Waals surface area contributed by atoms with Gasteiger partial charge >= 0.3 is 6.18 Å². The summed E-state index contributed by atoms with van der Waals surface area (Å²) >= 11 is 18.1. The van der Waals surface area contributed by atoms with E-state index in [-0.39, 0.29) is 50.0 Å². The Hall–Kier alpha value is -2.17. The Morgan fingerprint density at radius 2 is 1.76 bits per heavy atom. The molecule has 3 aromatic rings. The van der Waals surface area contributed by atoms with Crippen LogP contribution in [0.5, 0.6) is 11.5 Å². The number of hydrogen-bond acceptors (Lipinski definition) is 4. The summed E-state index contributed by atoms with van der Waals surface area (Å²) in [4.78, 5) is 1.96. The summed E-state index contributed by atoms with van der Waals surface area (Å²) < 4.78 is 74.8. The number of alkyl halides is 3. The van der Waals surface area contributed by atoms with Gasteiger partial charge in [-0.15, -0.1) is 0 Å². The number of ether oxygens (including phenoxy) is 1. The zero-order valence-electron chi connectivity index (χ0n) is 19.4. The maximum absolute atomic E-state index is 13.6. The summed E-state index contributed by atoms with van der Waals surface area (Å²) in [6.45, 7) is 1.50. The van der Waals surface area contributed by atoms with Gasteiger partial charge in [-0.25, -0.2) is 8.42 Å². The van der Waals surface area contributed by atoms with Crippen LogP contribution in [0.4, 0.5) is 18.9 Å². The van der Waals surface area contributed by atoms with E-state index in [0.717, 1.165) is 25.1 Å². The van der Waals surface area contributed by atoms with Gasteiger partial charge in [-0.05, 0) is 86.4 Å². The molecule has 0 unspecified atom stereocenters. The predicted octanol–water partition coefficient (Wildman–Crippen LogP) is 7.75. The number of nitrogens with one attached hydrogen (secondary N) is 1. The molecule has 0 amide bonds. The molecular weight excluding hydrogens is 572 g/mol. The van der Waals surface area contributed by atoms with Crippen molar-refractivity contribution < 1.29 is 26.3 Å². The lowest BCUT2D eigenvalue weighted by molar-refractivity contribution is -0.138. The van der Waals surface area contributed by atoms with Crippen molar-refractivity contribution in [2.45, 2.75) is 23.9 Å². The fraction of sp³-hybridized carbons (Fsp3) is 0.280. The van der Waals surface area contributed by atoms with E-state index in [9.17, 15) is 21.6 Å². The van der Waals surface area contributed by atoms with E-state index >= 15 is 0 Å². The van der Waals surface area contributed by atoms with Crippen LogP contribution in [0.2, 0.25) is 15.1 Å². The first kappa shape index (κ1) is 27.9. The van der Waals surface area contributed by atoms with Gasteiger partial charge in [0.15, 0.2) is 0 Å². The highest BCUT2D eigenvalue weighted by atomic mass is 35.5. The molecule has 1 heterocycles. The summed E-state index contributed by atoms with van der Waals surface area (Å²) in [6.07, 6.45) is -3.55. The van der Waals surface area contributed by atoms with Crippen molar-refractivity contribution in [2.75, 3.05) is 24.9 Å². The van der Waals surface area contributed by atoms with Gasteiger partial charge in [0.25, 0.3) is 10.0 Å². The SMILES string of the molecule is CN1CC[C@@H](Cc2cc(NS(=O)(=O)c3ccc(Oc4cc(Cl)cc(Cl)c4Cl)cc3)ccc2C(F)(F)F)C1. The van der Waals surface area contributed by atoms with Crippen molar-refractivity contribution in [2.24, 2.45) is 5.92 Å². The van der Waals surface area contributed by atoms with Crippen LogP contribution in [0.1, 0.15) is 17.5 Å². The molecule has 0 aromatic heterocycles. The van der Waals surface area contributed by atoms with Gasteiger partial charge in [0, 0.05) is 23.3 Å². The molecule has 37 heavy (non-hydrogen) atoms. The van der Waals surface area contributed by atoms with Gasteiger partial charge in [0.1, 0.15) is 16.5 Å². The van der Waals surface area contributed by atoms with Crippen molar-refractivity contribution in [3.63, 3.8) is 0 Å². The van der Waals surface area contributed by atoms with Gasteiger partial charge in [0.2, 0.25) is 0 Å². The minimum atomic E-state index is -4.54. The average molecular weight is 594 g/mol. The van der Waals surface area contributed by atoms with Gasteiger partial charge in [-0.2, -0.15) is 13.2 Å². The second-order valence-electron chi connectivity index (χ2n) is 8.87. The Labute approximate surface area is 228 Å². The van der Waals surface area contributed by atoms with Gasteiger partial charge in [-0.3, -0.25) is 4.72 Å². The summed E-state index contributed by atoms with van der Waals surface area (Å²) in [5, 5.41) is 0.652. The van der Waals surface area contributed by atoms with Gasteiger partial charge in [0.05, 0.1) is 15.5 Å². The first-order chi connectivity index (χ1) is 17.3. The molecule has 4 rings (SSSR count). The van der Waals surface area contributed by atoms with Crippen molar-refractivity contribution in [3.8, 4) is 11.5 Å². The van der Waals surface area contributed by atoms with Gasteiger partial charge < -0.3 is 9.64 Å². The van der Waals surface area contributed by atoms with Crippen LogP contribution < -0.4 is 9.46 Å². The van der Waals surface area contributed by atoms with Crippen LogP contribution in [-0.4, -0.2) is 33.5 Å². The van der Waals surface area contributed by atoms with Crippen LogP contribution >= 0.6 is 34.8 Å². The first-order valence-corrected chi connectivity index (χ1v) is 13.8. The lowest BCUT2D eigenvalue weighted by Crippen LogP contribution is -2.18. The highest BCUT2D eigenvalue weighted by Gasteiger charge is 2.34. The molecule has 1 fully saturated rings. The number of nitrogens with zero attached hydrogens (tertiary/aromatic N) is 1. The second kappa shape index (κ2) is 10.9. The van der Waals surface area contributed by atoms with Crippen molar-refractivity contribution >= 4 is 50.5 Å². The molecule has 0 bridgehead atoms. The zero-order chi connectivity index (χ0) is 27.0. The molecule has 0 spiro atoms. The Kier molecular flexibility index (Phi) is 8.21. The van der Waals surface area contributed by atoms with E-state index in [1.807, 2.05) is 7.05 Å². The molecule has 12 heteroatoms. The van der Waals surface area contributed by atoms with E-state index in [0.29, 0.717) is 11.6 Å². The number of benzene rings is 3. The Balaban J connectivity index is 1.54. The third kappa shape index (κ3) is 6.83. The quantitative estimate of drug-likeness (QED) is 0.285. The fourth-order valence-corrected chi connectivity index (χ4v) is 5.91. The maximum Gasteiger partial charge on any atom is 0.416 e. The molecule has 3 aromatic carbocycles. The van der Waals surface area contributed by atoms with Crippen LogP contribution in [0.15, 0.2) is 59.5 Å². The maximum atomic E-state index is 13.6. The molecule has 5 nitrogen and oxygen atoms in total. The molecule has 0 saturated carbocycles. The summed E-state index contributed by atoms with van der Waals surface area (Å²) in [5.74, 6) is 0.532. The third-order valence-electron chi connectivity index (χ3n) is 5.98. The average Bonchev–Trinajstić information content (AvgIpc) is 3.21. The van der Waals surface area contributed by atoms with E-state index in [1.165, 1.54) is 42.5 Å². The standard InChI is InChI=1S/C25H22Cl3F3N2O3S/c1-33-9-8-15(14-33)10-16-11-18(2-7-21(16)25(29,30)31)32-37(34,35)20-5-3-19(4-6-20)36-23-13-17(26)12-22(27)24(23)28/h2-7,11-13,15,32H,8-10,14H2,1H3/t15-/m0/s1. The minimum Gasteiger partial charge on any atom is -0.456 e. The summed E-state index contributed by atoms with van der Waals surface area (Å²) in [7, 11) is -2.17. The van der Waals surface area contributed by atoms with Crippen LogP contribution in [0.3, 0.4) is 0 Å². The molecule has 0 aliphatic carbocycles. The summed E-state index contributed by atoms with van der Waals surface area (Å²) in [5.41, 5.74) is -0.643. The summed E-state index contributed by atoms with van der Waals surface area (Å²) in [6, 6.07) is 11.7. The Bertz CT molecular complexity index is 1400. The van der Waals surface area contributed by atoms with E-state index in [1.54, 1.807) is 0 Å². The normalized spacial score (nSPS) is 16.7. The number of hydrogen-bond donors (Lipinski definition) is 1. The largest absolute Gasteiger partial charge is 0.456 e. The first-order valence-electron chi connectivity index (χ1n) is 11.2. The molecule has 1 aliphatic heterocycles. The molecule has 1 atom stereocenters. The predicted molar refractivity (Wildman–Crippen MR) is 140 cm³/mol. The number of sulfonamides is 1. The fourth-order valence-electron chi connectivity index (χ4n) is 4.24. The van der Waals surface area contributed by atoms with E-state index in [4.69, 9.17) is 39.5 Å². The van der Waals surface area contributed by atoms with Crippen LogP contribution in [0, 0.1) is 5.92 Å². The Morgan fingerprint density at radius 3 is 2.38 bits per heavy atom. The van der Waals surface area contributed by atoms with Crippen molar-refractivity contribution in [3.05, 3.63) is 80.8 Å². The highest BCUT2D eigenvalue weighted by Crippen LogP contribution is 2.38. The molecule has 1 N–H and O–H groups in total. The number of anilines is 1. The van der Waals surface area contributed by atoms with E-state index in [2.05, 4.69) is 9.62 Å². The smallest absolute Gasteiger partial charge is 0.416 e. The van der Waals surface area contributed by atoms with Gasteiger partial charge in [-0.1, -0.05) is 34.8 Å². The topological polar surface area (TPSA) is 58.6 Å². The van der Waals surface area contributed by atoms with Crippen LogP contribution in [0.25, 0.3) is 0 Å². The molecule has 198 valence electrons. The molecule has 1 saturated heterocycles. The number of halogens is 6. The van der Waals surface area contributed by atoms with E-state index < -0.39 is 21.8 Å². The monoisotopic (exact) mass is 592 g/mol. The molecular formula is C25H22Cl3F3N2O3S. The Morgan fingerprint density at radius 1 is 1.05 bits per heavy atom. The highest BCUT2D eigenvalue weighted by molar-refractivity contribution is 7.92. The zero-order valence-corrected chi connectivity index (χ0v) is 22.5. The lowest BCUT2D eigenvalue weighted by atomic mass is 9.94. The van der Waals surface area contributed by atoms with Crippen molar-refractivity contribution in [1.29, 1.82) is 0 Å². The third-order valence-corrected chi connectivity index (χ3v) is 8.38. The number of rotatable bonds is 7. The lowest BCUT2D eigenvalue weighted by Gasteiger charge is -2.18. The molecule has 1 aliphatic rings. The molecule has 0 radical (unpaired) electrons. The second-order valence-corrected chi connectivity index (χ2v) is 11.8. The van der Waals surface area contributed by atoms with Crippen LogP contribution in [-0.2, 0) is 22.6 Å². The van der Waals surface area contributed by atoms with Crippen molar-refractivity contribution in [1.82, 2.24) is 4.90 Å². The minimum absolute atomic E-state index is 0.0510.